The van der Waals surface area contributed by atoms with E-state index in [0.717, 1.165) is 5.56 Å². The lowest BCUT2D eigenvalue weighted by Gasteiger charge is -2.08. The summed E-state index contributed by atoms with van der Waals surface area (Å²) in [6.07, 6.45) is 1.44. The van der Waals surface area contributed by atoms with Gasteiger partial charge in [-0.3, -0.25) is 14.9 Å². The van der Waals surface area contributed by atoms with Crippen LogP contribution < -0.4 is 10.1 Å². The number of nitrogens with zero attached hydrogens (tertiary/aromatic N) is 2. The Labute approximate surface area is 179 Å². The number of amides is 1. The molecule has 0 aromatic heterocycles. The highest BCUT2D eigenvalue weighted by Gasteiger charge is 2.12. The smallest absolute Gasteiger partial charge is 0.271 e. The number of carbonyl (C=O) groups is 1. The lowest BCUT2D eigenvalue weighted by atomic mass is 10.1. The Morgan fingerprint density at radius 3 is 2.58 bits per heavy atom. The molecule has 0 aliphatic rings. The maximum Gasteiger partial charge on any atom is 0.271 e. The topological polar surface area (TPSA) is 105 Å². The molecule has 7 nitrogen and oxygen atoms in total. The van der Waals surface area contributed by atoms with E-state index in [2.05, 4.69) is 5.32 Å². The number of nitro benzene ring substituents is 1. The molecule has 154 valence electrons. The molecule has 0 fully saturated rings. The maximum atomic E-state index is 12.4. The molecule has 3 aromatic carbocycles. The summed E-state index contributed by atoms with van der Waals surface area (Å²) >= 11 is 0. The number of rotatable bonds is 7. The number of nitro groups is 1. The Bertz CT molecular complexity index is 1180. The summed E-state index contributed by atoms with van der Waals surface area (Å²) in [6, 6.07) is 22.4. The van der Waals surface area contributed by atoms with E-state index in [1.165, 1.54) is 35.9 Å². The molecule has 0 saturated heterocycles. The van der Waals surface area contributed by atoms with Gasteiger partial charge in [0.15, 0.2) is 0 Å². The van der Waals surface area contributed by atoms with Gasteiger partial charge in [0.25, 0.3) is 11.6 Å². The van der Waals surface area contributed by atoms with Crippen molar-refractivity contribution in [2.45, 2.75) is 13.5 Å². The number of non-ortho nitro benzene ring substituents is 1. The van der Waals surface area contributed by atoms with Gasteiger partial charge in [0, 0.05) is 17.8 Å². The van der Waals surface area contributed by atoms with E-state index >= 15 is 0 Å². The largest absolute Gasteiger partial charge is 0.489 e. The highest BCUT2D eigenvalue weighted by atomic mass is 16.6. The predicted octanol–water partition coefficient (Wildman–Crippen LogP) is 5.03. The molecule has 0 aliphatic heterocycles. The highest BCUT2D eigenvalue weighted by Crippen LogP contribution is 2.20. The summed E-state index contributed by atoms with van der Waals surface area (Å²) in [7, 11) is 0. The molecule has 0 aliphatic carbocycles. The summed E-state index contributed by atoms with van der Waals surface area (Å²) in [6.45, 7) is 2.41. The van der Waals surface area contributed by atoms with Crippen LogP contribution in [0.15, 0.2) is 78.4 Å². The monoisotopic (exact) mass is 413 g/mol. The van der Waals surface area contributed by atoms with Crippen molar-refractivity contribution in [3.8, 4) is 11.8 Å². The zero-order chi connectivity index (χ0) is 22.2. The van der Waals surface area contributed by atoms with Gasteiger partial charge in [0.2, 0.25) is 0 Å². The van der Waals surface area contributed by atoms with E-state index in [-0.39, 0.29) is 16.9 Å². The molecular weight excluding hydrogens is 394 g/mol. The number of nitriles is 1. The molecule has 31 heavy (non-hydrogen) atoms. The quantitative estimate of drug-likeness (QED) is 0.253. The van der Waals surface area contributed by atoms with Gasteiger partial charge in [-0.15, -0.1) is 0 Å². The van der Waals surface area contributed by atoms with E-state index in [1.807, 2.05) is 37.3 Å². The molecule has 1 N–H and O–H groups in total. The third-order valence-corrected chi connectivity index (χ3v) is 4.38. The van der Waals surface area contributed by atoms with Crippen LogP contribution in [-0.2, 0) is 11.4 Å². The van der Waals surface area contributed by atoms with Gasteiger partial charge >= 0.3 is 0 Å². The normalized spacial score (nSPS) is 10.8. The Kier molecular flexibility index (Phi) is 6.76. The Balaban J connectivity index is 1.71. The number of aryl methyl sites for hydroxylation is 1. The van der Waals surface area contributed by atoms with Gasteiger partial charge in [0.05, 0.1) is 4.92 Å². The third-order valence-electron chi connectivity index (χ3n) is 4.38. The summed E-state index contributed by atoms with van der Waals surface area (Å²) in [4.78, 5) is 22.8. The van der Waals surface area contributed by atoms with E-state index in [4.69, 9.17) is 4.74 Å². The van der Waals surface area contributed by atoms with Crippen molar-refractivity contribution in [2.75, 3.05) is 5.32 Å². The zero-order valence-corrected chi connectivity index (χ0v) is 16.7. The Hall–Kier alpha value is -4.44. The first-order chi connectivity index (χ1) is 14.9. The summed E-state index contributed by atoms with van der Waals surface area (Å²) in [5, 5.41) is 22.8. The van der Waals surface area contributed by atoms with Crippen LogP contribution in [-0.4, -0.2) is 10.8 Å². The average Bonchev–Trinajstić information content (AvgIpc) is 2.77. The van der Waals surface area contributed by atoms with Gasteiger partial charge in [-0.2, -0.15) is 5.26 Å². The molecule has 7 heteroatoms. The first-order valence-electron chi connectivity index (χ1n) is 9.40. The lowest BCUT2D eigenvalue weighted by molar-refractivity contribution is -0.384. The Morgan fingerprint density at radius 1 is 1.13 bits per heavy atom. The minimum Gasteiger partial charge on any atom is -0.489 e. The van der Waals surface area contributed by atoms with Crippen molar-refractivity contribution >= 4 is 23.4 Å². The van der Waals surface area contributed by atoms with E-state index in [1.54, 1.807) is 24.3 Å². The molecule has 0 spiro atoms. The van der Waals surface area contributed by atoms with Crippen LogP contribution in [0.1, 0.15) is 16.7 Å². The van der Waals surface area contributed by atoms with Crippen LogP contribution in [0.25, 0.3) is 6.08 Å². The standard InChI is InChI=1S/C24H19N3O4/c1-17-8-10-18(11-9-17)16-31-23-7-2-4-19(13-23)12-20(15-25)24(28)26-21-5-3-6-22(14-21)27(29)30/h2-14H,16H2,1H3,(H,26,28)/b20-12+. The second kappa shape index (κ2) is 9.85. The molecule has 1 amide bonds. The van der Waals surface area contributed by atoms with E-state index < -0.39 is 10.8 Å². The zero-order valence-electron chi connectivity index (χ0n) is 16.7. The predicted molar refractivity (Wildman–Crippen MR) is 117 cm³/mol. The highest BCUT2D eigenvalue weighted by molar-refractivity contribution is 6.09. The van der Waals surface area contributed by atoms with Crippen molar-refractivity contribution in [1.82, 2.24) is 0 Å². The second-order valence-electron chi connectivity index (χ2n) is 6.78. The summed E-state index contributed by atoms with van der Waals surface area (Å²) in [5.41, 5.74) is 2.76. The molecule has 3 aromatic rings. The molecular formula is C24H19N3O4. The first kappa shape index (κ1) is 21.3. The average molecular weight is 413 g/mol. The minimum atomic E-state index is -0.658. The fourth-order valence-corrected chi connectivity index (χ4v) is 2.76. The Morgan fingerprint density at radius 2 is 1.87 bits per heavy atom. The maximum absolute atomic E-state index is 12.4. The van der Waals surface area contributed by atoms with E-state index in [9.17, 15) is 20.2 Å². The number of hydrogen-bond acceptors (Lipinski definition) is 5. The van der Waals surface area contributed by atoms with Gasteiger partial charge in [-0.25, -0.2) is 0 Å². The van der Waals surface area contributed by atoms with Crippen LogP contribution in [0, 0.1) is 28.4 Å². The van der Waals surface area contributed by atoms with Crippen molar-refractivity contribution in [1.29, 1.82) is 5.26 Å². The van der Waals surface area contributed by atoms with Gasteiger partial charge in [-0.1, -0.05) is 48.0 Å². The number of nitrogens with one attached hydrogen (secondary N) is 1. The van der Waals surface area contributed by atoms with Crippen LogP contribution in [0.5, 0.6) is 5.75 Å². The number of hydrogen-bond donors (Lipinski definition) is 1. The number of carbonyl (C=O) groups excluding carboxylic acids is 1. The van der Waals surface area contributed by atoms with Crippen molar-refractivity contribution in [3.63, 3.8) is 0 Å². The van der Waals surface area contributed by atoms with Crippen LogP contribution in [0.2, 0.25) is 0 Å². The van der Waals surface area contributed by atoms with Crippen molar-refractivity contribution < 1.29 is 14.5 Å². The van der Waals surface area contributed by atoms with E-state index in [0.29, 0.717) is 17.9 Å². The molecule has 0 unspecified atom stereocenters. The number of ether oxygens (including phenoxy) is 1. The van der Waals surface area contributed by atoms with Crippen molar-refractivity contribution in [2.24, 2.45) is 0 Å². The minimum absolute atomic E-state index is 0.137. The summed E-state index contributed by atoms with van der Waals surface area (Å²) < 4.78 is 5.80. The molecule has 0 bridgehead atoms. The fourth-order valence-electron chi connectivity index (χ4n) is 2.76. The molecule has 0 heterocycles. The first-order valence-corrected chi connectivity index (χ1v) is 9.40. The molecule has 0 saturated carbocycles. The lowest BCUT2D eigenvalue weighted by Crippen LogP contribution is -2.13. The van der Waals surface area contributed by atoms with Crippen LogP contribution in [0.4, 0.5) is 11.4 Å². The third kappa shape index (κ3) is 6.02. The number of anilines is 1. The summed E-state index contributed by atoms with van der Waals surface area (Å²) in [5.74, 6) is -0.0559. The van der Waals surface area contributed by atoms with Gasteiger partial charge in [0.1, 0.15) is 24.0 Å². The van der Waals surface area contributed by atoms with Crippen molar-refractivity contribution in [3.05, 3.63) is 105 Å². The molecule has 0 atom stereocenters. The molecule has 3 rings (SSSR count). The SMILES string of the molecule is Cc1ccc(COc2cccc(/C=C(\C#N)C(=O)Nc3cccc([N+](=O)[O-])c3)c2)cc1. The second-order valence-corrected chi connectivity index (χ2v) is 6.78. The number of benzene rings is 3. The van der Waals surface area contributed by atoms with Crippen LogP contribution in [0.3, 0.4) is 0 Å². The molecule has 0 radical (unpaired) electrons. The van der Waals surface area contributed by atoms with Crippen LogP contribution >= 0.6 is 0 Å². The fraction of sp³-hybridized carbons (Fsp3) is 0.0833. The van der Waals surface area contributed by atoms with Gasteiger partial charge in [-0.05, 0) is 42.3 Å². The van der Waals surface area contributed by atoms with Gasteiger partial charge < -0.3 is 10.1 Å².